The maximum absolute atomic E-state index is 12.4. The van der Waals surface area contributed by atoms with Crippen molar-refractivity contribution >= 4 is 34.7 Å². The van der Waals surface area contributed by atoms with Crippen LogP contribution in [0.5, 0.6) is 0 Å². The molecule has 1 aliphatic carbocycles. The van der Waals surface area contributed by atoms with Crippen molar-refractivity contribution in [2.45, 2.75) is 31.7 Å². The molecule has 1 aliphatic rings. The van der Waals surface area contributed by atoms with Crippen LogP contribution in [0, 0.1) is 5.92 Å². The van der Waals surface area contributed by atoms with Crippen LogP contribution in [0.1, 0.15) is 25.7 Å². The first kappa shape index (κ1) is 16.9. The van der Waals surface area contributed by atoms with E-state index in [2.05, 4.69) is 10.3 Å². The number of carbonyl (C=O) groups is 1. The molecule has 1 aromatic carbocycles. The minimum absolute atomic E-state index is 0. The zero-order chi connectivity index (χ0) is 14.7. The highest BCUT2D eigenvalue weighted by Gasteiger charge is 2.26. The van der Waals surface area contributed by atoms with E-state index in [0.29, 0.717) is 0 Å². The van der Waals surface area contributed by atoms with E-state index in [1.165, 1.54) is 11.3 Å². The second kappa shape index (κ2) is 7.72. The van der Waals surface area contributed by atoms with E-state index in [1.54, 1.807) is 5.51 Å². The number of amides is 1. The molecule has 2 atom stereocenters. The Morgan fingerprint density at radius 3 is 2.77 bits per heavy atom. The molecular weight excluding hydrogens is 318 g/mol. The van der Waals surface area contributed by atoms with Gasteiger partial charge in [-0.2, -0.15) is 0 Å². The number of hydrogen-bond acceptors (Lipinski definition) is 4. The molecule has 0 saturated heterocycles. The topological polar surface area (TPSA) is 68.0 Å². The van der Waals surface area contributed by atoms with Gasteiger partial charge in [0.2, 0.25) is 5.91 Å². The summed E-state index contributed by atoms with van der Waals surface area (Å²) in [5.74, 6) is 0.103. The molecule has 1 amide bonds. The van der Waals surface area contributed by atoms with Gasteiger partial charge in [-0.1, -0.05) is 36.8 Å². The highest BCUT2D eigenvalue weighted by Crippen LogP contribution is 2.32. The molecule has 0 spiro atoms. The Morgan fingerprint density at radius 1 is 1.27 bits per heavy atom. The fourth-order valence-corrected chi connectivity index (χ4v) is 3.52. The van der Waals surface area contributed by atoms with Gasteiger partial charge >= 0.3 is 0 Å². The molecule has 0 radical (unpaired) electrons. The lowest BCUT2D eigenvalue weighted by molar-refractivity contribution is -0.120. The maximum atomic E-state index is 12.4. The SMILES string of the molecule is Cl.NC1CCCC(C(=O)Nc2scnc2-c2ccccc2)C1. The quantitative estimate of drug-likeness (QED) is 0.897. The lowest BCUT2D eigenvalue weighted by atomic mass is 9.85. The summed E-state index contributed by atoms with van der Waals surface area (Å²) >= 11 is 1.46. The number of nitrogens with two attached hydrogens (primary N) is 1. The van der Waals surface area contributed by atoms with Crippen LogP contribution in [0.2, 0.25) is 0 Å². The summed E-state index contributed by atoms with van der Waals surface area (Å²) in [6.07, 6.45) is 3.78. The summed E-state index contributed by atoms with van der Waals surface area (Å²) in [4.78, 5) is 16.8. The van der Waals surface area contributed by atoms with Crippen molar-refractivity contribution in [1.29, 1.82) is 0 Å². The van der Waals surface area contributed by atoms with Crippen LogP contribution in [-0.2, 0) is 4.79 Å². The molecule has 1 heterocycles. The van der Waals surface area contributed by atoms with Crippen LogP contribution >= 0.6 is 23.7 Å². The Balaban J connectivity index is 0.00000176. The van der Waals surface area contributed by atoms with Gasteiger partial charge in [-0.3, -0.25) is 4.79 Å². The lowest BCUT2D eigenvalue weighted by Gasteiger charge is -2.25. The Morgan fingerprint density at radius 2 is 2.05 bits per heavy atom. The highest BCUT2D eigenvalue weighted by atomic mass is 35.5. The molecule has 1 saturated carbocycles. The summed E-state index contributed by atoms with van der Waals surface area (Å²) in [6.45, 7) is 0. The Kier molecular flexibility index (Phi) is 5.94. The normalized spacial score (nSPS) is 21.0. The molecular formula is C16H20ClN3OS. The third kappa shape index (κ3) is 3.85. The molecule has 2 aromatic rings. The van der Waals surface area contributed by atoms with Crippen molar-refractivity contribution in [3.63, 3.8) is 0 Å². The first-order valence-corrected chi connectivity index (χ1v) is 8.17. The van der Waals surface area contributed by atoms with E-state index < -0.39 is 0 Å². The molecule has 22 heavy (non-hydrogen) atoms. The van der Waals surface area contributed by atoms with Crippen LogP contribution in [0.3, 0.4) is 0 Å². The van der Waals surface area contributed by atoms with Gasteiger partial charge in [-0.05, 0) is 19.3 Å². The first-order chi connectivity index (χ1) is 10.2. The van der Waals surface area contributed by atoms with Crippen LogP contribution in [0.15, 0.2) is 35.8 Å². The first-order valence-electron chi connectivity index (χ1n) is 7.29. The van der Waals surface area contributed by atoms with Gasteiger partial charge < -0.3 is 11.1 Å². The van der Waals surface area contributed by atoms with E-state index in [0.717, 1.165) is 41.9 Å². The van der Waals surface area contributed by atoms with E-state index >= 15 is 0 Å². The van der Waals surface area contributed by atoms with Crippen LogP contribution < -0.4 is 11.1 Å². The fraction of sp³-hybridized carbons (Fsp3) is 0.375. The molecule has 118 valence electrons. The van der Waals surface area contributed by atoms with E-state index in [4.69, 9.17) is 5.73 Å². The second-order valence-electron chi connectivity index (χ2n) is 5.51. The number of carbonyl (C=O) groups excluding carboxylic acids is 1. The van der Waals surface area contributed by atoms with Gasteiger partial charge in [0, 0.05) is 17.5 Å². The monoisotopic (exact) mass is 337 g/mol. The van der Waals surface area contributed by atoms with Crippen LogP contribution in [-0.4, -0.2) is 16.9 Å². The van der Waals surface area contributed by atoms with Gasteiger partial charge in [-0.15, -0.1) is 23.7 Å². The number of benzene rings is 1. The van der Waals surface area contributed by atoms with Crippen LogP contribution in [0.4, 0.5) is 5.00 Å². The van der Waals surface area contributed by atoms with Crippen molar-refractivity contribution in [2.24, 2.45) is 11.7 Å². The van der Waals surface area contributed by atoms with Gasteiger partial charge in [0.15, 0.2) is 0 Å². The summed E-state index contributed by atoms with van der Waals surface area (Å²) in [5, 5.41) is 3.87. The van der Waals surface area contributed by atoms with Crippen molar-refractivity contribution in [3.05, 3.63) is 35.8 Å². The number of rotatable bonds is 3. The predicted octanol–water partition coefficient (Wildman–Crippen LogP) is 3.69. The Hall–Kier alpha value is -1.43. The minimum atomic E-state index is 0. The maximum Gasteiger partial charge on any atom is 0.228 e. The summed E-state index contributed by atoms with van der Waals surface area (Å²) in [5.41, 5.74) is 9.60. The van der Waals surface area contributed by atoms with Gasteiger partial charge in [0.1, 0.15) is 10.7 Å². The summed E-state index contributed by atoms with van der Waals surface area (Å²) in [6, 6.07) is 10.1. The Bertz CT molecular complexity index is 617. The van der Waals surface area contributed by atoms with Crippen molar-refractivity contribution in [3.8, 4) is 11.3 Å². The molecule has 0 bridgehead atoms. The third-order valence-corrected chi connectivity index (χ3v) is 4.68. The highest BCUT2D eigenvalue weighted by molar-refractivity contribution is 7.14. The smallest absolute Gasteiger partial charge is 0.228 e. The molecule has 0 aliphatic heterocycles. The van der Waals surface area contributed by atoms with Crippen LogP contribution in [0.25, 0.3) is 11.3 Å². The minimum Gasteiger partial charge on any atom is -0.328 e. The molecule has 1 fully saturated rings. The zero-order valence-electron chi connectivity index (χ0n) is 12.2. The number of thiazole rings is 1. The second-order valence-corrected chi connectivity index (χ2v) is 6.36. The largest absolute Gasteiger partial charge is 0.328 e. The average Bonchev–Trinajstić information content (AvgIpc) is 2.96. The van der Waals surface area contributed by atoms with Gasteiger partial charge in [0.05, 0.1) is 5.51 Å². The molecule has 6 heteroatoms. The van der Waals surface area contributed by atoms with E-state index in [-0.39, 0.29) is 30.3 Å². The molecule has 4 nitrogen and oxygen atoms in total. The van der Waals surface area contributed by atoms with Crippen molar-refractivity contribution in [2.75, 3.05) is 5.32 Å². The number of hydrogen-bond donors (Lipinski definition) is 2. The molecule has 1 aromatic heterocycles. The van der Waals surface area contributed by atoms with Crippen molar-refractivity contribution in [1.82, 2.24) is 4.98 Å². The predicted molar refractivity (Wildman–Crippen MR) is 93.4 cm³/mol. The summed E-state index contributed by atoms with van der Waals surface area (Å²) < 4.78 is 0. The zero-order valence-corrected chi connectivity index (χ0v) is 13.8. The van der Waals surface area contributed by atoms with Crippen molar-refractivity contribution < 1.29 is 4.79 Å². The Labute approximate surface area is 140 Å². The van der Waals surface area contributed by atoms with Gasteiger partial charge in [-0.25, -0.2) is 4.98 Å². The number of nitrogens with zero attached hydrogens (tertiary/aromatic N) is 1. The lowest BCUT2D eigenvalue weighted by Crippen LogP contribution is -2.34. The number of halogens is 1. The van der Waals surface area contributed by atoms with E-state index in [9.17, 15) is 4.79 Å². The number of aromatic nitrogens is 1. The number of nitrogens with one attached hydrogen (secondary N) is 1. The average molecular weight is 338 g/mol. The summed E-state index contributed by atoms with van der Waals surface area (Å²) in [7, 11) is 0. The standard InChI is InChI=1S/C16H19N3OS.ClH/c17-13-8-4-7-12(9-13)15(20)19-16-14(18-10-21-16)11-5-2-1-3-6-11;/h1-3,5-6,10,12-13H,4,7-9,17H2,(H,19,20);1H. The van der Waals surface area contributed by atoms with E-state index in [1.807, 2.05) is 30.3 Å². The van der Waals surface area contributed by atoms with Gasteiger partial charge in [0.25, 0.3) is 0 Å². The molecule has 2 unspecified atom stereocenters. The molecule has 3 rings (SSSR count). The fourth-order valence-electron chi connectivity index (χ4n) is 2.82. The molecule has 3 N–H and O–H groups in total. The number of anilines is 1. The third-order valence-electron chi connectivity index (χ3n) is 3.94.